The first-order chi connectivity index (χ1) is 24.7. The molecule has 266 valence electrons. The molecule has 6 nitrogen and oxygen atoms in total. The summed E-state index contributed by atoms with van der Waals surface area (Å²) in [5, 5.41) is 28.9. The maximum absolute atomic E-state index is 9.99. The number of aromatic nitrogens is 1. The summed E-state index contributed by atoms with van der Waals surface area (Å²) in [7, 11) is 4.13. The van der Waals surface area contributed by atoms with Crippen LogP contribution in [0.3, 0.4) is 0 Å². The van der Waals surface area contributed by atoms with Crippen molar-refractivity contribution < 1.29 is 4.74 Å². The predicted octanol–water partition coefficient (Wildman–Crippen LogP) is 12.7. The van der Waals surface area contributed by atoms with Gasteiger partial charge in [0.15, 0.2) is 11.3 Å². The quantitative estimate of drug-likeness (QED) is 0.0755. The molecule has 0 bridgehead atoms. The van der Waals surface area contributed by atoms with E-state index in [1.54, 1.807) is 11.3 Å². The van der Waals surface area contributed by atoms with Gasteiger partial charge in [-0.3, -0.25) is 0 Å². The van der Waals surface area contributed by atoms with Crippen LogP contribution < -0.4 is 4.90 Å². The number of hydrogen-bond donors (Lipinski definition) is 0. The van der Waals surface area contributed by atoms with Crippen LogP contribution >= 0.6 is 22.7 Å². The minimum atomic E-state index is -0.839. The van der Waals surface area contributed by atoms with Gasteiger partial charge in [0.1, 0.15) is 29.4 Å². The molecule has 51 heavy (non-hydrogen) atoms. The number of hydrogen-bond acceptors (Lipinski definition) is 7. The molecule has 0 unspecified atom stereocenters. The second kappa shape index (κ2) is 17.8. The van der Waals surface area contributed by atoms with Gasteiger partial charge in [0.05, 0.1) is 20.4 Å². The van der Waals surface area contributed by atoms with Crippen molar-refractivity contribution in [2.24, 2.45) is 0 Å². The van der Waals surface area contributed by atoms with Crippen molar-refractivity contribution in [2.75, 3.05) is 19.0 Å². The molecular weight excluding hydrogens is 667 g/mol. The van der Waals surface area contributed by atoms with Gasteiger partial charge in [-0.05, 0) is 56.2 Å². The fourth-order valence-electron chi connectivity index (χ4n) is 6.96. The summed E-state index contributed by atoms with van der Waals surface area (Å²) in [6.45, 7) is 6.99. The van der Waals surface area contributed by atoms with Crippen LogP contribution in [0.2, 0.25) is 0 Å². The summed E-state index contributed by atoms with van der Waals surface area (Å²) in [5.74, 6) is 0.0687. The topological polar surface area (TPSA) is 88.8 Å². The van der Waals surface area contributed by atoms with Crippen molar-refractivity contribution in [3.63, 3.8) is 0 Å². The second-order valence-electron chi connectivity index (χ2n) is 14.3. The maximum atomic E-state index is 9.99. The summed E-state index contributed by atoms with van der Waals surface area (Å²) in [4.78, 5) is 4.49. The molecule has 0 spiro atoms. The second-order valence-corrected chi connectivity index (χ2v) is 16.4. The van der Waals surface area contributed by atoms with Crippen molar-refractivity contribution in [1.82, 2.24) is 4.57 Å². The monoisotopic (exact) mass is 717 g/mol. The number of allylic oxidation sites excluding steroid dienone is 2. The number of thiophene rings is 2. The zero-order chi connectivity index (χ0) is 36.4. The van der Waals surface area contributed by atoms with Gasteiger partial charge in [0.2, 0.25) is 0 Å². The lowest BCUT2D eigenvalue weighted by molar-refractivity contribution is 0.0954. The Morgan fingerprint density at radius 2 is 1.35 bits per heavy atom. The summed E-state index contributed by atoms with van der Waals surface area (Å²) in [5.41, 5.74) is 4.87. The molecule has 1 aromatic carbocycles. The van der Waals surface area contributed by atoms with E-state index in [0.29, 0.717) is 5.57 Å². The number of fused-ring (bicyclic) bond motifs is 3. The average Bonchev–Trinajstić information content (AvgIpc) is 3.86. The molecule has 0 saturated heterocycles. The van der Waals surface area contributed by atoms with E-state index in [2.05, 4.69) is 73.0 Å². The summed E-state index contributed by atoms with van der Waals surface area (Å²) >= 11 is 3.62. The molecule has 0 fully saturated rings. The largest absolute Gasteiger partial charge is 0.480 e. The van der Waals surface area contributed by atoms with Crippen molar-refractivity contribution in [3.05, 3.63) is 69.8 Å². The molecule has 0 amide bonds. The number of ether oxygens (including phenoxy) is 1. The van der Waals surface area contributed by atoms with Gasteiger partial charge in [-0.1, -0.05) is 102 Å². The van der Waals surface area contributed by atoms with E-state index in [1.165, 1.54) is 114 Å². The Kier molecular flexibility index (Phi) is 13.2. The van der Waals surface area contributed by atoms with E-state index in [0.717, 1.165) is 17.8 Å². The van der Waals surface area contributed by atoms with Crippen molar-refractivity contribution >= 4 is 54.9 Å². The van der Waals surface area contributed by atoms with Crippen LogP contribution in [0.25, 0.3) is 36.9 Å². The van der Waals surface area contributed by atoms with Crippen LogP contribution in [0.15, 0.2) is 65.0 Å². The first-order valence-corrected chi connectivity index (χ1v) is 20.3. The third-order valence-corrected chi connectivity index (χ3v) is 12.3. The smallest absolute Gasteiger partial charge is 0.172 e. The van der Waals surface area contributed by atoms with E-state index in [1.807, 2.05) is 49.5 Å². The minimum Gasteiger partial charge on any atom is -0.480 e. The van der Waals surface area contributed by atoms with Crippen molar-refractivity contribution in [2.45, 2.75) is 116 Å². The number of anilines is 1. The molecule has 5 rings (SSSR count). The molecule has 3 aromatic heterocycles. The molecule has 8 heteroatoms. The number of aryl methyl sites for hydroxylation is 1. The molecule has 4 heterocycles. The van der Waals surface area contributed by atoms with Gasteiger partial charge in [-0.2, -0.15) is 15.8 Å². The highest BCUT2D eigenvalue weighted by Crippen LogP contribution is 2.45. The number of nitriles is 3. The molecular formula is C43H51N5OS2. The summed E-state index contributed by atoms with van der Waals surface area (Å²) in [6.07, 6.45) is 21.4. The van der Waals surface area contributed by atoms with Crippen LogP contribution in [-0.2, 0) is 11.3 Å². The van der Waals surface area contributed by atoms with Crippen LogP contribution in [0.4, 0.5) is 5.69 Å². The van der Waals surface area contributed by atoms with Gasteiger partial charge in [0, 0.05) is 41.7 Å². The van der Waals surface area contributed by atoms with E-state index in [4.69, 9.17) is 4.74 Å². The normalized spacial score (nSPS) is 14.0. The Morgan fingerprint density at radius 1 is 0.784 bits per heavy atom. The van der Waals surface area contributed by atoms with Crippen LogP contribution in [0, 0.1) is 34.0 Å². The van der Waals surface area contributed by atoms with E-state index < -0.39 is 5.60 Å². The van der Waals surface area contributed by atoms with Crippen LogP contribution in [-0.4, -0.2) is 24.3 Å². The molecule has 0 saturated carbocycles. The Labute approximate surface area is 312 Å². The Morgan fingerprint density at radius 3 is 1.92 bits per heavy atom. The first-order valence-electron chi connectivity index (χ1n) is 18.6. The fraction of sp³-hybridized carbons (Fsp3) is 0.465. The van der Waals surface area contributed by atoms with Gasteiger partial charge in [-0.15, -0.1) is 22.7 Å². The lowest BCUT2D eigenvalue weighted by Gasteiger charge is -2.20. The van der Waals surface area contributed by atoms with E-state index >= 15 is 0 Å². The predicted molar refractivity (Wildman–Crippen MR) is 216 cm³/mol. The van der Waals surface area contributed by atoms with Crippen LogP contribution in [0.1, 0.15) is 109 Å². The van der Waals surface area contributed by atoms with Gasteiger partial charge < -0.3 is 14.2 Å². The Balaban J connectivity index is 1.34. The highest BCUT2D eigenvalue weighted by molar-refractivity contribution is 7.29. The molecule has 0 aliphatic carbocycles. The molecule has 1 aliphatic heterocycles. The Hall–Kier alpha value is -4.29. The van der Waals surface area contributed by atoms with E-state index in [-0.39, 0.29) is 16.9 Å². The first kappa shape index (κ1) is 38.0. The number of rotatable bonds is 18. The average molecular weight is 718 g/mol. The third kappa shape index (κ3) is 8.96. The van der Waals surface area contributed by atoms with Crippen molar-refractivity contribution in [1.29, 1.82) is 15.8 Å². The lowest BCUT2D eigenvalue weighted by atomic mass is 9.94. The number of benzene rings is 1. The highest BCUT2D eigenvalue weighted by Gasteiger charge is 2.38. The number of unbranched alkanes of at least 4 members (excludes halogenated alkanes) is 12. The molecule has 0 N–H and O–H groups in total. The van der Waals surface area contributed by atoms with Gasteiger partial charge in [-0.25, -0.2) is 0 Å². The van der Waals surface area contributed by atoms with Crippen LogP contribution in [0.5, 0.6) is 0 Å². The standard InChI is InChI=1S/C43H51N5OS2/c1-6-7-8-9-10-11-12-13-14-15-16-17-18-25-48-37-26-34(23-24-36-35(30-46)40(32(28-44)29-45)49-43(36,2)3)50-41(37)42-38(48)27-39(51-42)31-19-21-33(22-20-31)47(4)5/h19-24,26-27H,6-18,25H2,1-5H3/b24-23+. The van der Waals surface area contributed by atoms with Crippen molar-refractivity contribution in [3.8, 4) is 28.6 Å². The Bertz CT molecular complexity index is 2010. The third-order valence-electron chi connectivity index (χ3n) is 9.86. The SMILES string of the molecule is CCCCCCCCCCCCCCCn1c2cc(/C=C/C3=C(C#N)C(=C(C#N)C#N)OC3(C)C)sc2c2sc(-c3ccc(N(C)C)cc3)cc21. The molecule has 4 aromatic rings. The summed E-state index contributed by atoms with van der Waals surface area (Å²) in [6, 6.07) is 19.4. The van der Waals surface area contributed by atoms with Gasteiger partial charge >= 0.3 is 0 Å². The minimum absolute atomic E-state index is 0.0687. The summed E-state index contributed by atoms with van der Waals surface area (Å²) < 4.78 is 11.1. The molecule has 1 aliphatic rings. The lowest BCUT2D eigenvalue weighted by Crippen LogP contribution is -2.20. The highest BCUT2D eigenvalue weighted by atomic mass is 32.1. The van der Waals surface area contributed by atoms with E-state index in [9.17, 15) is 15.8 Å². The zero-order valence-corrected chi connectivity index (χ0v) is 32.6. The van der Waals surface area contributed by atoms with Gasteiger partial charge in [0.25, 0.3) is 0 Å². The molecule has 0 radical (unpaired) electrons. The number of nitrogens with zero attached hydrogens (tertiary/aromatic N) is 5. The zero-order valence-electron chi connectivity index (χ0n) is 31.0. The fourth-order valence-corrected chi connectivity index (χ4v) is 9.34. The molecule has 0 atom stereocenters. The maximum Gasteiger partial charge on any atom is 0.172 e.